The lowest BCUT2D eigenvalue weighted by Crippen LogP contribution is -2.23. The van der Waals surface area contributed by atoms with E-state index in [1.807, 2.05) is 31.4 Å². The van der Waals surface area contributed by atoms with E-state index in [-0.39, 0.29) is 6.04 Å². The number of hydrogen-bond donors (Lipinski definition) is 2. The highest BCUT2D eigenvalue weighted by Gasteiger charge is 2.03. The molecule has 1 unspecified atom stereocenters. The molecule has 86 valence electrons. The molecule has 1 heterocycles. The Morgan fingerprint density at radius 2 is 2.19 bits per heavy atom. The molecule has 16 heavy (non-hydrogen) atoms. The summed E-state index contributed by atoms with van der Waals surface area (Å²) in [7, 11) is 0. The van der Waals surface area contributed by atoms with Crippen LogP contribution in [-0.2, 0) is 6.54 Å². The number of nitrogens with one attached hydrogen (secondary N) is 1. The molecule has 0 aliphatic heterocycles. The predicted octanol–water partition coefficient (Wildman–Crippen LogP) is 2.26. The highest BCUT2D eigenvalue weighted by Crippen LogP contribution is 2.20. The van der Waals surface area contributed by atoms with E-state index in [4.69, 9.17) is 10.2 Å². The number of nitrogens with two attached hydrogens (primary N) is 1. The number of furan rings is 1. The topological polar surface area (TPSA) is 51.2 Å². The van der Waals surface area contributed by atoms with E-state index in [1.54, 1.807) is 0 Å². The van der Waals surface area contributed by atoms with Crippen molar-refractivity contribution < 1.29 is 4.42 Å². The fraction of sp³-hybridized carbons (Fsp3) is 0.385. The Labute approximate surface area is 95.6 Å². The van der Waals surface area contributed by atoms with Crippen molar-refractivity contribution in [3.05, 3.63) is 36.1 Å². The Balaban J connectivity index is 1.94. The normalized spacial score (nSPS) is 13.1. The maximum absolute atomic E-state index is 5.68. The van der Waals surface area contributed by atoms with E-state index in [0.717, 1.165) is 25.1 Å². The SMILES string of the molecule is CC(N)CCNCc1coc2ccccc12. The van der Waals surface area contributed by atoms with Gasteiger partial charge in [-0.3, -0.25) is 0 Å². The minimum absolute atomic E-state index is 0.258. The average molecular weight is 218 g/mol. The van der Waals surface area contributed by atoms with Gasteiger partial charge in [-0.05, 0) is 26.0 Å². The zero-order valence-corrected chi connectivity index (χ0v) is 9.57. The fourth-order valence-electron chi connectivity index (χ4n) is 1.72. The van der Waals surface area contributed by atoms with Crippen LogP contribution < -0.4 is 11.1 Å². The van der Waals surface area contributed by atoms with Crippen molar-refractivity contribution in [2.24, 2.45) is 5.73 Å². The standard InChI is InChI=1S/C13H18N2O/c1-10(14)6-7-15-8-11-9-16-13-5-3-2-4-12(11)13/h2-5,9-10,15H,6-8,14H2,1H3. The summed E-state index contributed by atoms with van der Waals surface area (Å²) in [6.45, 7) is 3.80. The van der Waals surface area contributed by atoms with E-state index in [2.05, 4.69) is 11.4 Å². The molecule has 0 saturated heterocycles. The van der Waals surface area contributed by atoms with Crippen molar-refractivity contribution in [3.63, 3.8) is 0 Å². The molecule has 1 aromatic carbocycles. The van der Waals surface area contributed by atoms with Crippen molar-refractivity contribution in [1.82, 2.24) is 5.32 Å². The lowest BCUT2D eigenvalue weighted by atomic mass is 10.2. The van der Waals surface area contributed by atoms with Gasteiger partial charge in [-0.2, -0.15) is 0 Å². The van der Waals surface area contributed by atoms with Crippen LogP contribution in [0.4, 0.5) is 0 Å². The van der Waals surface area contributed by atoms with Crippen LogP contribution >= 0.6 is 0 Å². The minimum atomic E-state index is 0.258. The molecule has 0 saturated carbocycles. The van der Waals surface area contributed by atoms with Gasteiger partial charge in [-0.15, -0.1) is 0 Å². The molecular formula is C13H18N2O. The summed E-state index contributed by atoms with van der Waals surface area (Å²) in [5.41, 5.74) is 7.84. The molecule has 0 amide bonds. The van der Waals surface area contributed by atoms with Gasteiger partial charge in [0.2, 0.25) is 0 Å². The first-order chi connectivity index (χ1) is 7.77. The molecule has 0 radical (unpaired) electrons. The zero-order chi connectivity index (χ0) is 11.4. The third-order valence-corrected chi connectivity index (χ3v) is 2.65. The molecule has 3 N–H and O–H groups in total. The summed E-state index contributed by atoms with van der Waals surface area (Å²) in [4.78, 5) is 0. The van der Waals surface area contributed by atoms with Crippen LogP contribution in [-0.4, -0.2) is 12.6 Å². The van der Waals surface area contributed by atoms with E-state index in [1.165, 1.54) is 10.9 Å². The van der Waals surface area contributed by atoms with E-state index >= 15 is 0 Å². The van der Waals surface area contributed by atoms with Crippen LogP contribution in [0, 0.1) is 0 Å². The molecule has 3 nitrogen and oxygen atoms in total. The van der Waals surface area contributed by atoms with Gasteiger partial charge in [0.15, 0.2) is 0 Å². The summed E-state index contributed by atoms with van der Waals surface area (Å²) in [5, 5.41) is 4.56. The van der Waals surface area contributed by atoms with Crippen LogP contribution in [0.1, 0.15) is 18.9 Å². The largest absolute Gasteiger partial charge is 0.464 e. The van der Waals surface area contributed by atoms with Crippen molar-refractivity contribution >= 4 is 11.0 Å². The lowest BCUT2D eigenvalue weighted by Gasteiger charge is -2.05. The van der Waals surface area contributed by atoms with Gasteiger partial charge in [-0.25, -0.2) is 0 Å². The van der Waals surface area contributed by atoms with Crippen molar-refractivity contribution in [3.8, 4) is 0 Å². The third-order valence-electron chi connectivity index (χ3n) is 2.65. The molecule has 3 heteroatoms. The maximum Gasteiger partial charge on any atom is 0.134 e. The number of benzene rings is 1. The Kier molecular flexibility index (Phi) is 3.59. The Morgan fingerprint density at radius 3 is 3.00 bits per heavy atom. The highest BCUT2D eigenvalue weighted by molar-refractivity contribution is 5.80. The minimum Gasteiger partial charge on any atom is -0.464 e. The van der Waals surface area contributed by atoms with Gasteiger partial charge in [0.05, 0.1) is 6.26 Å². The first-order valence-electron chi connectivity index (χ1n) is 5.69. The van der Waals surface area contributed by atoms with Gasteiger partial charge in [-0.1, -0.05) is 18.2 Å². The second-order valence-electron chi connectivity index (χ2n) is 4.20. The first-order valence-corrected chi connectivity index (χ1v) is 5.69. The average Bonchev–Trinajstić information content (AvgIpc) is 2.68. The molecule has 0 bridgehead atoms. The maximum atomic E-state index is 5.68. The summed E-state index contributed by atoms with van der Waals surface area (Å²) in [6, 6.07) is 8.35. The summed E-state index contributed by atoms with van der Waals surface area (Å²) >= 11 is 0. The molecule has 0 aliphatic rings. The van der Waals surface area contributed by atoms with Crippen LogP contribution in [0.2, 0.25) is 0 Å². The molecule has 2 aromatic rings. The summed E-state index contributed by atoms with van der Waals surface area (Å²) in [5.74, 6) is 0. The number of para-hydroxylation sites is 1. The van der Waals surface area contributed by atoms with Crippen molar-refractivity contribution in [2.75, 3.05) is 6.54 Å². The number of fused-ring (bicyclic) bond motifs is 1. The second kappa shape index (κ2) is 5.14. The molecular weight excluding hydrogens is 200 g/mol. The Morgan fingerprint density at radius 1 is 1.38 bits per heavy atom. The molecule has 1 aromatic heterocycles. The number of hydrogen-bond acceptors (Lipinski definition) is 3. The highest BCUT2D eigenvalue weighted by atomic mass is 16.3. The summed E-state index contributed by atoms with van der Waals surface area (Å²) < 4.78 is 5.46. The monoisotopic (exact) mass is 218 g/mol. The lowest BCUT2D eigenvalue weighted by molar-refractivity contribution is 0.577. The Hall–Kier alpha value is -1.32. The van der Waals surface area contributed by atoms with Crippen LogP contribution in [0.5, 0.6) is 0 Å². The van der Waals surface area contributed by atoms with Gasteiger partial charge in [0.1, 0.15) is 5.58 Å². The summed E-state index contributed by atoms with van der Waals surface area (Å²) in [6.07, 6.45) is 2.82. The first kappa shape index (κ1) is 11.2. The Bertz CT molecular complexity index is 448. The zero-order valence-electron chi connectivity index (χ0n) is 9.57. The van der Waals surface area contributed by atoms with E-state index < -0.39 is 0 Å². The van der Waals surface area contributed by atoms with E-state index in [0.29, 0.717) is 0 Å². The molecule has 1 atom stereocenters. The van der Waals surface area contributed by atoms with Crippen molar-refractivity contribution in [1.29, 1.82) is 0 Å². The molecule has 2 rings (SSSR count). The van der Waals surface area contributed by atoms with Crippen LogP contribution in [0.3, 0.4) is 0 Å². The van der Waals surface area contributed by atoms with Crippen LogP contribution in [0.25, 0.3) is 11.0 Å². The fourth-order valence-corrected chi connectivity index (χ4v) is 1.72. The van der Waals surface area contributed by atoms with E-state index in [9.17, 15) is 0 Å². The molecule has 0 spiro atoms. The van der Waals surface area contributed by atoms with Gasteiger partial charge in [0, 0.05) is 23.5 Å². The molecule has 0 fully saturated rings. The third kappa shape index (κ3) is 2.62. The number of rotatable bonds is 5. The van der Waals surface area contributed by atoms with Gasteiger partial charge in [0.25, 0.3) is 0 Å². The predicted molar refractivity (Wildman–Crippen MR) is 66.2 cm³/mol. The second-order valence-corrected chi connectivity index (χ2v) is 4.20. The van der Waals surface area contributed by atoms with Crippen molar-refractivity contribution in [2.45, 2.75) is 25.9 Å². The molecule has 0 aliphatic carbocycles. The van der Waals surface area contributed by atoms with Gasteiger partial charge < -0.3 is 15.5 Å². The van der Waals surface area contributed by atoms with Crippen LogP contribution in [0.15, 0.2) is 34.9 Å². The quantitative estimate of drug-likeness (QED) is 0.757. The van der Waals surface area contributed by atoms with Gasteiger partial charge >= 0.3 is 0 Å². The smallest absolute Gasteiger partial charge is 0.134 e.